The van der Waals surface area contributed by atoms with Crippen LogP contribution < -0.4 is 10.1 Å². The van der Waals surface area contributed by atoms with E-state index >= 15 is 0 Å². The maximum absolute atomic E-state index is 12.2. The van der Waals surface area contributed by atoms with Crippen LogP contribution in [0.3, 0.4) is 0 Å². The van der Waals surface area contributed by atoms with E-state index in [2.05, 4.69) is 15.1 Å². The molecule has 1 amide bonds. The first-order chi connectivity index (χ1) is 21.7. The Morgan fingerprint density at radius 1 is 1.18 bits per heavy atom. The summed E-state index contributed by atoms with van der Waals surface area (Å²) in [7, 11) is 0. The van der Waals surface area contributed by atoms with Gasteiger partial charge in [-0.25, -0.2) is 0 Å². The summed E-state index contributed by atoms with van der Waals surface area (Å²) in [5, 5.41) is 44.3. The number of rotatable bonds is 20. The standard InChI is InChI=1S/C33H50ClN3O8/c34-26-9-5-10-28(22-26)44-24-27(38)13-14-30-29(31(39)23-32(30)40)11-3-1-2-4-12-33(41)35-17-7-18-36-19-15-25(16-20-36)8-6-21-45-37(42)43/h1,3,5,9-10,13-14,22,25,27,29-32,38-40H,2,4,6-8,11-12,15-21,23-24H2,(H,35,41)/b3-1-,14-13+/t27-,29-,30-,31+,32-/m1/s1. The second-order valence-electron chi connectivity index (χ2n) is 12.1. The summed E-state index contributed by atoms with van der Waals surface area (Å²) in [4.78, 5) is 29.3. The van der Waals surface area contributed by atoms with Crippen LogP contribution in [0.25, 0.3) is 0 Å². The van der Waals surface area contributed by atoms with E-state index in [0.717, 1.165) is 64.6 Å². The fourth-order valence-corrected chi connectivity index (χ4v) is 6.32. The quantitative estimate of drug-likeness (QED) is 0.0698. The Bertz CT molecular complexity index is 1080. The molecule has 0 aromatic heterocycles. The second-order valence-corrected chi connectivity index (χ2v) is 12.6. The van der Waals surface area contributed by atoms with Gasteiger partial charge in [0.2, 0.25) is 5.91 Å². The molecule has 2 fully saturated rings. The van der Waals surface area contributed by atoms with Gasteiger partial charge in [0.25, 0.3) is 5.09 Å². The fourth-order valence-electron chi connectivity index (χ4n) is 6.14. The predicted octanol–water partition coefficient (Wildman–Crippen LogP) is 4.32. The molecule has 0 bridgehead atoms. The maximum Gasteiger partial charge on any atom is 0.294 e. The monoisotopic (exact) mass is 651 g/mol. The number of ether oxygens (including phenoxy) is 1. The van der Waals surface area contributed by atoms with E-state index in [1.165, 1.54) is 0 Å². The van der Waals surface area contributed by atoms with Crippen molar-refractivity contribution in [3.05, 3.63) is 63.7 Å². The van der Waals surface area contributed by atoms with Gasteiger partial charge < -0.3 is 35.1 Å². The molecular formula is C33H50ClN3O8. The molecule has 11 nitrogen and oxygen atoms in total. The Morgan fingerprint density at radius 3 is 2.73 bits per heavy atom. The number of nitrogens with zero attached hydrogens (tertiary/aromatic N) is 2. The first-order valence-electron chi connectivity index (χ1n) is 16.2. The number of halogens is 1. The summed E-state index contributed by atoms with van der Waals surface area (Å²) in [6.07, 6.45) is 12.9. The van der Waals surface area contributed by atoms with Gasteiger partial charge in [0, 0.05) is 30.3 Å². The number of carbonyl (C=O) groups is 1. The number of benzene rings is 1. The molecule has 0 spiro atoms. The van der Waals surface area contributed by atoms with Crippen molar-refractivity contribution in [2.75, 3.05) is 39.4 Å². The Kier molecular flexibility index (Phi) is 16.7. The molecule has 0 radical (unpaired) electrons. The van der Waals surface area contributed by atoms with Crippen LogP contribution in [0.4, 0.5) is 0 Å². The molecule has 3 rings (SSSR count). The van der Waals surface area contributed by atoms with Crippen LogP contribution in [0.2, 0.25) is 5.02 Å². The Balaban J connectivity index is 1.23. The maximum atomic E-state index is 12.2. The van der Waals surface area contributed by atoms with E-state index in [9.17, 15) is 30.2 Å². The minimum Gasteiger partial charge on any atom is -0.491 e. The number of hydrogen-bond donors (Lipinski definition) is 4. The largest absolute Gasteiger partial charge is 0.491 e. The first-order valence-corrected chi connectivity index (χ1v) is 16.6. The summed E-state index contributed by atoms with van der Waals surface area (Å²) in [6, 6.07) is 6.94. The second kappa shape index (κ2) is 20.4. The third-order valence-corrected chi connectivity index (χ3v) is 8.91. The molecule has 1 aromatic rings. The zero-order chi connectivity index (χ0) is 32.4. The molecule has 0 unspecified atom stereocenters. The van der Waals surface area contributed by atoms with E-state index in [-0.39, 0.29) is 31.0 Å². The number of carbonyl (C=O) groups excluding carboxylic acids is 1. The fraction of sp³-hybridized carbons (Fsp3) is 0.667. The van der Waals surface area contributed by atoms with Gasteiger partial charge in [0.15, 0.2) is 0 Å². The van der Waals surface area contributed by atoms with Crippen LogP contribution in [0, 0.1) is 27.9 Å². The first kappa shape index (κ1) is 36.8. The van der Waals surface area contributed by atoms with Crippen molar-refractivity contribution in [1.29, 1.82) is 0 Å². The molecule has 45 heavy (non-hydrogen) atoms. The molecule has 1 saturated heterocycles. The van der Waals surface area contributed by atoms with E-state index in [0.29, 0.717) is 42.5 Å². The van der Waals surface area contributed by atoms with Crippen LogP contribution in [0.1, 0.15) is 64.2 Å². The number of hydrogen-bond acceptors (Lipinski definition) is 9. The van der Waals surface area contributed by atoms with Crippen LogP contribution in [0.5, 0.6) is 5.75 Å². The van der Waals surface area contributed by atoms with Crippen LogP contribution in [0.15, 0.2) is 48.6 Å². The number of piperidine rings is 1. The van der Waals surface area contributed by atoms with Gasteiger partial charge in [-0.1, -0.05) is 42.0 Å². The van der Waals surface area contributed by atoms with Gasteiger partial charge in [0.05, 0.1) is 18.8 Å². The zero-order valence-electron chi connectivity index (χ0n) is 26.1. The Hall–Kier alpha value is -2.70. The van der Waals surface area contributed by atoms with E-state index < -0.39 is 23.4 Å². The molecule has 4 N–H and O–H groups in total. The van der Waals surface area contributed by atoms with Crippen molar-refractivity contribution in [2.45, 2.75) is 82.5 Å². The van der Waals surface area contributed by atoms with Gasteiger partial charge in [-0.05, 0) is 101 Å². The predicted molar refractivity (Wildman–Crippen MR) is 172 cm³/mol. The van der Waals surface area contributed by atoms with E-state index in [4.69, 9.17) is 16.3 Å². The summed E-state index contributed by atoms with van der Waals surface area (Å²) in [6.45, 7) is 3.88. The molecule has 1 saturated carbocycles. The number of unbranched alkanes of at least 4 members (excludes halogenated alkanes) is 1. The number of likely N-dealkylation sites (tertiary alicyclic amines) is 1. The molecule has 1 aliphatic carbocycles. The van der Waals surface area contributed by atoms with Crippen molar-refractivity contribution in [2.24, 2.45) is 17.8 Å². The van der Waals surface area contributed by atoms with Crippen LogP contribution >= 0.6 is 11.6 Å². The summed E-state index contributed by atoms with van der Waals surface area (Å²) in [5.74, 6) is 0.790. The zero-order valence-corrected chi connectivity index (χ0v) is 26.8. The minimum absolute atomic E-state index is 0.0496. The van der Waals surface area contributed by atoms with Gasteiger partial charge in [-0.2, -0.15) is 0 Å². The van der Waals surface area contributed by atoms with Crippen molar-refractivity contribution in [3.8, 4) is 5.75 Å². The highest BCUT2D eigenvalue weighted by Gasteiger charge is 2.39. The van der Waals surface area contributed by atoms with Crippen molar-refractivity contribution in [1.82, 2.24) is 10.2 Å². The topological polar surface area (TPSA) is 155 Å². The highest BCUT2D eigenvalue weighted by atomic mass is 35.5. The molecule has 12 heteroatoms. The van der Waals surface area contributed by atoms with Gasteiger partial charge in [-0.15, -0.1) is 10.1 Å². The van der Waals surface area contributed by atoms with Gasteiger partial charge >= 0.3 is 0 Å². The van der Waals surface area contributed by atoms with E-state index in [1.807, 2.05) is 12.2 Å². The van der Waals surface area contributed by atoms with Crippen LogP contribution in [-0.2, 0) is 9.63 Å². The lowest BCUT2D eigenvalue weighted by atomic mass is 9.89. The summed E-state index contributed by atoms with van der Waals surface area (Å²) < 4.78 is 5.58. The molecule has 5 atom stereocenters. The third-order valence-electron chi connectivity index (χ3n) is 8.67. The lowest BCUT2D eigenvalue weighted by Gasteiger charge is -2.32. The highest BCUT2D eigenvalue weighted by Crippen LogP contribution is 2.36. The van der Waals surface area contributed by atoms with Gasteiger partial charge in [0.1, 0.15) is 18.5 Å². The highest BCUT2D eigenvalue weighted by molar-refractivity contribution is 6.30. The average Bonchev–Trinajstić information content (AvgIpc) is 3.28. The lowest BCUT2D eigenvalue weighted by Crippen LogP contribution is -2.36. The molecule has 2 aliphatic rings. The Labute approximate surface area is 271 Å². The van der Waals surface area contributed by atoms with E-state index in [1.54, 1.807) is 36.4 Å². The minimum atomic E-state index is -0.864. The van der Waals surface area contributed by atoms with Gasteiger partial charge in [-0.3, -0.25) is 4.79 Å². The number of amides is 1. The normalized spacial score (nSPS) is 23.5. The van der Waals surface area contributed by atoms with Crippen molar-refractivity contribution >= 4 is 17.5 Å². The molecular weight excluding hydrogens is 602 g/mol. The molecule has 1 aromatic carbocycles. The smallest absolute Gasteiger partial charge is 0.294 e. The van der Waals surface area contributed by atoms with Crippen molar-refractivity contribution in [3.63, 3.8) is 0 Å². The molecule has 252 valence electrons. The number of nitrogens with one attached hydrogen (secondary N) is 1. The SMILES string of the molecule is O=C(CCC/C=C\C[C@@H]1[C@@H](/C=C/[C@@H](O)COc2cccc(Cl)c2)[C@H](O)C[C@@H]1O)NCCCN1CCC(CCCO[N+](=O)[O-])CC1. The number of aliphatic hydroxyl groups excluding tert-OH is 3. The van der Waals surface area contributed by atoms with Crippen molar-refractivity contribution < 1.29 is 34.8 Å². The molecule has 1 heterocycles. The summed E-state index contributed by atoms with van der Waals surface area (Å²) >= 11 is 5.96. The molecule has 1 aliphatic heterocycles. The number of allylic oxidation sites excluding steroid dienone is 2. The third kappa shape index (κ3) is 14.5. The summed E-state index contributed by atoms with van der Waals surface area (Å²) in [5.41, 5.74) is 0. The average molecular weight is 652 g/mol. The lowest BCUT2D eigenvalue weighted by molar-refractivity contribution is -0.757. The Morgan fingerprint density at radius 2 is 1.98 bits per heavy atom. The van der Waals surface area contributed by atoms with Crippen LogP contribution in [-0.4, -0.2) is 88.9 Å². The number of aliphatic hydroxyl groups is 3.